The number of carbonyl (C=O) groups excluding carboxylic acids is 1. The smallest absolute Gasteiger partial charge is 0.305 e. The third-order valence-corrected chi connectivity index (χ3v) is 6.76. The average molecular weight is 499 g/mol. The molecule has 0 aromatic heterocycles. The zero-order valence-electron chi connectivity index (χ0n) is 19.9. The second-order valence-electron chi connectivity index (χ2n) is 9.39. The number of carbonyl (C=O) groups is 1. The Kier molecular flexibility index (Phi) is 10.9. The summed E-state index contributed by atoms with van der Waals surface area (Å²) in [6.45, 7) is 0.584. The molecule has 7 nitrogen and oxygen atoms in total. The Morgan fingerprint density at radius 1 is 1.26 bits per heavy atom. The number of halogens is 2. The molecule has 1 saturated carbocycles. The lowest BCUT2D eigenvalue weighted by Gasteiger charge is -2.21. The van der Waals surface area contributed by atoms with E-state index in [0.717, 1.165) is 37.5 Å². The Hall–Kier alpha value is -2.07. The second kappa shape index (κ2) is 13.9. The molecule has 2 fully saturated rings. The van der Waals surface area contributed by atoms with Gasteiger partial charge in [0.25, 0.3) is 0 Å². The normalized spacial score (nSPS) is 27.4. The fourth-order valence-electron chi connectivity index (χ4n) is 4.88. The summed E-state index contributed by atoms with van der Waals surface area (Å²) in [5.41, 5.74) is 0. The molecular formula is C26H36F2O7. The number of benzene rings is 1. The van der Waals surface area contributed by atoms with Crippen molar-refractivity contribution in [2.75, 3.05) is 26.4 Å². The van der Waals surface area contributed by atoms with E-state index in [1.165, 1.54) is 6.08 Å². The number of hydrogen-bond donors (Lipinski definition) is 3. The molecule has 0 spiro atoms. The van der Waals surface area contributed by atoms with Gasteiger partial charge in [-0.3, -0.25) is 4.79 Å². The van der Waals surface area contributed by atoms with Crippen molar-refractivity contribution >= 4 is 5.97 Å². The van der Waals surface area contributed by atoms with E-state index in [9.17, 15) is 23.8 Å². The molecule has 0 amide bonds. The van der Waals surface area contributed by atoms with Crippen LogP contribution in [0.15, 0.2) is 30.4 Å². The van der Waals surface area contributed by atoms with Crippen LogP contribution >= 0.6 is 0 Å². The molecule has 3 rings (SSSR count). The third kappa shape index (κ3) is 8.52. The van der Waals surface area contributed by atoms with E-state index in [2.05, 4.69) is 0 Å². The first kappa shape index (κ1) is 27.5. The molecule has 196 valence electrons. The van der Waals surface area contributed by atoms with Crippen LogP contribution in [-0.4, -0.2) is 66.0 Å². The maximum Gasteiger partial charge on any atom is 0.305 e. The molecule has 0 radical (unpaired) electrons. The van der Waals surface area contributed by atoms with Gasteiger partial charge in [0.05, 0.1) is 18.8 Å². The van der Waals surface area contributed by atoms with E-state index in [1.54, 1.807) is 6.08 Å². The van der Waals surface area contributed by atoms with Crippen LogP contribution in [0.4, 0.5) is 8.78 Å². The van der Waals surface area contributed by atoms with Gasteiger partial charge < -0.3 is 29.5 Å². The van der Waals surface area contributed by atoms with E-state index in [0.29, 0.717) is 38.2 Å². The maximum absolute atomic E-state index is 13.7. The lowest BCUT2D eigenvalue weighted by atomic mass is 9.86. The topological polar surface area (TPSA) is 105 Å². The van der Waals surface area contributed by atoms with Gasteiger partial charge in [-0.25, -0.2) is 8.78 Å². The van der Waals surface area contributed by atoms with Crippen molar-refractivity contribution in [1.29, 1.82) is 0 Å². The van der Waals surface area contributed by atoms with Crippen molar-refractivity contribution in [3.8, 4) is 5.75 Å². The first-order valence-corrected chi connectivity index (χ1v) is 12.4. The molecular weight excluding hydrogens is 462 g/mol. The summed E-state index contributed by atoms with van der Waals surface area (Å²) >= 11 is 0. The van der Waals surface area contributed by atoms with Gasteiger partial charge in [0.15, 0.2) is 11.6 Å². The van der Waals surface area contributed by atoms with E-state index in [4.69, 9.17) is 19.3 Å². The van der Waals surface area contributed by atoms with Gasteiger partial charge >= 0.3 is 5.97 Å². The van der Waals surface area contributed by atoms with Crippen molar-refractivity contribution in [3.05, 3.63) is 42.0 Å². The zero-order valence-corrected chi connectivity index (χ0v) is 19.9. The molecule has 35 heavy (non-hydrogen) atoms. The molecule has 0 unspecified atom stereocenters. The molecule has 1 saturated heterocycles. The standard InChI is InChI=1S/C26H36F2O7/c27-18-6-10-22(28)25(13-18)35-16-19(30)7-9-20-21-8-5-17(15-34-24(21)14-23(20)31)3-1-4-26(32)33-12-2-11-29/h6-7,9-10,13,17,19-21,23-24,29-31H,1-5,8,11-12,14-16H2/t17-,19+,20+,21+,23+,24-/m0/s1. The van der Waals surface area contributed by atoms with Crippen LogP contribution in [0, 0.1) is 29.4 Å². The van der Waals surface area contributed by atoms with Crippen molar-refractivity contribution < 1.29 is 43.1 Å². The third-order valence-electron chi connectivity index (χ3n) is 6.76. The van der Waals surface area contributed by atoms with Gasteiger partial charge in [-0.15, -0.1) is 0 Å². The largest absolute Gasteiger partial charge is 0.487 e. The molecule has 1 aliphatic heterocycles. The van der Waals surface area contributed by atoms with E-state index in [1.807, 2.05) is 0 Å². The fourth-order valence-corrected chi connectivity index (χ4v) is 4.88. The van der Waals surface area contributed by atoms with E-state index >= 15 is 0 Å². The molecule has 1 aromatic rings. The SMILES string of the molecule is O=C(CCC[C@H]1CC[C@@H]2[C@@H](C=C[C@@H](O)COc3cc(F)ccc3F)[C@H](O)C[C@@H]2OC1)OCCCO. The molecule has 1 aromatic carbocycles. The Labute approximate surface area is 204 Å². The van der Waals surface area contributed by atoms with Crippen LogP contribution in [0.1, 0.15) is 44.9 Å². The first-order valence-electron chi connectivity index (χ1n) is 12.4. The van der Waals surface area contributed by atoms with Crippen LogP contribution < -0.4 is 4.74 Å². The van der Waals surface area contributed by atoms with Crippen LogP contribution in [0.25, 0.3) is 0 Å². The van der Waals surface area contributed by atoms with Crippen LogP contribution in [0.3, 0.4) is 0 Å². The summed E-state index contributed by atoms with van der Waals surface area (Å²) in [5, 5.41) is 29.5. The quantitative estimate of drug-likeness (QED) is 0.231. The van der Waals surface area contributed by atoms with Crippen molar-refractivity contribution in [2.45, 2.75) is 63.3 Å². The van der Waals surface area contributed by atoms with Crippen LogP contribution in [0.5, 0.6) is 5.75 Å². The number of esters is 1. The predicted octanol–water partition coefficient (Wildman–Crippen LogP) is 3.15. The highest BCUT2D eigenvalue weighted by Crippen LogP contribution is 2.42. The van der Waals surface area contributed by atoms with Gasteiger partial charge in [0.2, 0.25) is 0 Å². The van der Waals surface area contributed by atoms with Gasteiger partial charge in [0.1, 0.15) is 18.5 Å². The van der Waals surface area contributed by atoms with Gasteiger partial charge in [0, 0.05) is 44.5 Å². The molecule has 6 atom stereocenters. The Morgan fingerprint density at radius 3 is 2.89 bits per heavy atom. The second-order valence-corrected chi connectivity index (χ2v) is 9.39. The number of ether oxygens (including phenoxy) is 3. The molecule has 2 aliphatic rings. The molecule has 1 heterocycles. The summed E-state index contributed by atoms with van der Waals surface area (Å²) in [6.07, 6.45) is 6.27. The number of hydrogen-bond acceptors (Lipinski definition) is 7. The number of aliphatic hydroxyl groups excluding tert-OH is 3. The molecule has 3 N–H and O–H groups in total. The molecule has 0 bridgehead atoms. The highest BCUT2D eigenvalue weighted by atomic mass is 19.1. The fraction of sp³-hybridized carbons (Fsp3) is 0.654. The minimum atomic E-state index is -1.04. The Balaban J connectivity index is 1.44. The van der Waals surface area contributed by atoms with Gasteiger partial charge in [-0.2, -0.15) is 0 Å². The highest BCUT2D eigenvalue weighted by Gasteiger charge is 2.43. The number of aliphatic hydroxyl groups is 3. The Bertz CT molecular complexity index is 834. The molecule has 9 heteroatoms. The van der Waals surface area contributed by atoms with Gasteiger partial charge in [-0.1, -0.05) is 12.2 Å². The zero-order chi connectivity index (χ0) is 25.2. The summed E-state index contributed by atoms with van der Waals surface area (Å²) in [4.78, 5) is 11.7. The van der Waals surface area contributed by atoms with E-state index in [-0.39, 0.29) is 49.5 Å². The predicted molar refractivity (Wildman–Crippen MR) is 124 cm³/mol. The number of rotatable bonds is 12. The van der Waals surface area contributed by atoms with E-state index < -0.39 is 23.8 Å². The lowest BCUT2D eigenvalue weighted by Crippen LogP contribution is -2.22. The van der Waals surface area contributed by atoms with Crippen molar-refractivity contribution in [1.82, 2.24) is 0 Å². The Morgan fingerprint density at radius 2 is 2.09 bits per heavy atom. The average Bonchev–Trinajstić information content (AvgIpc) is 2.99. The minimum Gasteiger partial charge on any atom is -0.487 e. The number of fused-ring (bicyclic) bond motifs is 1. The maximum atomic E-state index is 13.7. The monoisotopic (exact) mass is 498 g/mol. The summed E-state index contributed by atoms with van der Waals surface area (Å²) < 4.78 is 43.3. The summed E-state index contributed by atoms with van der Waals surface area (Å²) in [7, 11) is 0. The van der Waals surface area contributed by atoms with Crippen molar-refractivity contribution in [3.63, 3.8) is 0 Å². The first-order chi connectivity index (χ1) is 16.9. The molecule has 1 aliphatic carbocycles. The van der Waals surface area contributed by atoms with Gasteiger partial charge in [-0.05, 0) is 49.7 Å². The minimum absolute atomic E-state index is 0.00153. The highest BCUT2D eigenvalue weighted by molar-refractivity contribution is 5.69. The lowest BCUT2D eigenvalue weighted by molar-refractivity contribution is -0.144. The summed E-state index contributed by atoms with van der Waals surface area (Å²) in [5.74, 6) is -1.59. The summed E-state index contributed by atoms with van der Waals surface area (Å²) in [6, 6.07) is 2.88. The van der Waals surface area contributed by atoms with Crippen molar-refractivity contribution in [2.24, 2.45) is 17.8 Å². The van der Waals surface area contributed by atoms with Crippen LogP contribution in [0.2, 0.25) is 0 Å². The van der Waals surface area contributed by atoms with Crippen LogP contribution in [-0.2, 0) is 14.3 Å².